The van der Waals surface area contributed by atoms with Crippen LogP contribution in [0.4, 0.5) is 0 Å². The number of carbonyl (C=O) groups is 1. The topological polar surface area (TPSA) is 60.8 Å². The Balaban J connectivity index is 1.71. The molecule has 3 rings (SSSR count). The number of Topliss-reactive ketones (excluding diaryl/α,β-unsaturated/α-hetero) is 1. The van der Waals surface area contributed by atoms with E-state index in [0.29, 0.717) is 27.1 Å². The van der Waals surface area contributed by atoms with Crippen LogP contribution in [0.3, 0.4) is 0 Å². The first-order valence-corrected chi connectivity index (χ1v) is 9.69. The maximum atomic E-state index is 12.6. The van der Waals surface area contributed by atoms with E-state index in [9.17, 15) is 4.79 Å². The fraction of sp³-hybridized carbons (Fsp3) is 0.190. The Hall–Kier alpha value is -2.70. The van der Waals surface area contributed by atoms with Crippen molar-refractivity contribution in [2.24, 2.45) is 4.99 Å². The minimum atomic E-state index is -0.0630. The fourth-order valence-electron chi connectivity index (χ4n) is 2.61. The van der Waals surface area contributed by atoms with E-state index in [2.05, 4.69) is 9.98 Å². The molecule has 0 bridgehead atoms. The molecule has 0 unspecified atom stereocenters. The molecule has 0 saturated heterocycles. The van der Waals surface area contributed by atoms with E-state index in [1.807, 2.05) is 43.3 Å². The summed E-state index contributed by atoms with van der Waals surface area (Å²) in [6.45, 7) is 1.89. The number of hydrogen-bond acceptors (Lipinski definition) is 6. The largest absolute Gasteiger partial charge is 0.493 e. The Kier molecular flexibility index (Phi) is 6.44. The predicted octanol–water partition coefficient (Wildman–Crippen LogP) is 5.09. The summed E-state index contributed by atoms with van der Waals surface area (Å²) in [6, 6.07) is 12.9. The van der Waals surface area contributed by atoms with Crippen LogP contribution in [0.1, 0.15) is 20.9 Å². The maximum Gasteiger partial charge on any atom is 0.196 e. The molecule has 0 fully saturated rings. The van der Waals surface area contributed by atoms with Crippen molar-refractivity contribution in [3.63, 3.8) is 0 Å². The number of aromatic nitrogens is 1. The van der Waals surface area contributed by atoms with Crippen molar-refractivity contribution in [3.05, 3.63) is 63.6 Å². The van der Waals surface area contributed by atoms with Gasteiger partial charge in [-0.05, 0) is 42.8 Å². The molecular weight excluding hydrogens is 396 g/mol. The van der Waals surface area contributed by atoms with Crippen molar-refractivity contribution in [2.75, 3.05) is 20.8 Å². The molecule has 3 aromatic rings. The third-order valence-electron chi connectivity index (χ3n) is 4.02. The highest BCUT2D eigenvalue weighted by atomic mass is 35.5. The van der Waals surface area contributed by atoms with Gasteiger partial charge in [-0.2, -0.15) is 0 Å². The van der Waals surface area contributed by atoms with Crippen LogP contribution in [0.25, 0.3) is 10.6 Å². The SMILES string of the molecule is COc1ccc(C=NCC(=O)c2sc(-c3ccc(Cl)cc3)nc2C)cc1OC. The number of ether oxygens (including phenoxy) is 2. The van der Waals surface area contributed by atoms with Crippen LogP contribution >= 0.6 is 22.9 Å². The Morgan fingerprint density at radius 3 is 2.54 bits per heavy atom. The smallest absolute Gasteiger partial charge is 0.196 e. The van der Waals surface area contributed by atoms with Gasteiger partial charge in [0.1, 0.15) is 11.6 Å². The van der Waals surface area contributed by atoms with E-state index in [-0.39, 0.29) is 12.3 Å². The van der Waals surface area contributed by atoms with Crippen molar-refractivity contribution in [1.29, 1.82) is 0 Å². The highest BCUT2D eigenvalue weighted by molar-refractivity contribution is 7.17. The Morgan fingerprint density at radius 2 is 1.86 bits per heavy atom. The first-order chi connectivity index (χ1) is 13.5. The molecule has 28 heavy (non-hydrogen) atoms. The van der Waals surface area contributed by atoms with Gasteiger partial charge in [-0.25, -0.2) is 4.98 Å². The molecule has 0 amide bonds. The molecular formula is C21H19ClN2O3S. The lowest BCUT2D eigenvalue weighted by Crippen LogP contribution is -2.03. The lowest BCUT2D eigenvalue weighted by molar-refractivity contribution is 0.100. The zero-order valence-electron chi connectivity index (χ0n) is 15.7. The number of aliphatic imine (C=N–C) groups is 1. The normalized spacial score (nSPS) is 11.0. The number of halogens is 1. The summed E-state index contributed by atoms with van der Waals surface area (Å²) in [5.74, 6) is 1.20. The van der Waals surface area contributed by atoms with Crippen LogP contribution in [0.2, 0.25) is 5.02 Å². The molecule has 1 aromatic heterocycles. The predicted molar refractivity (Wildman–Crippen MR) is 114 cm³/mol. The van der Waals surface area contributed by atoms with Crippen LogP contribution in [-0.4, -0.2) is 37.7 Å². The van der Waals surface area contributed by atoms with Crippen LogP contribution in [0.5, 0.6) is 11.5 Å². The van der Waals surface area contributed by atoms with Crippen molar-refractivity contribution in [1.82, 2.24) is 4.98 Å². The van der Waals surface area contributed by atoms with Crippen molar-refractivity contribution >= 4 is 34.9 Å². The van der Waals surface area contributed by atoms with Gasteiger partial charge in [0.15, 0.2) is 17.3 Å². The fourth-order valence-corrected chi connectivity index (χ4v) is 3.74. The number of thiazole rings is 1. The molecule has 0 aliphatic carbocycles. The van der Waals surface area contributed by atoms with Crippen molar-refractivity contribution in [3.8, 4) is 22.1 Å². The number of nitrogens with zero attached hydrogens (tertiary/aromatic N) is 2. The lowest BCUT2D eigenvalue weighted by Gasteiger charge is -2.07. The first-order valence-electron chi connectivity index (χ1n) is 8.50. The molecule has 0 saturated carbocycles. The summed E-state index contributed by atoms with van der Waals surface area (Å²) in [7, 11) is 3.16. The van der Waals surface area contributed by atoms with Gasteiger partial charge in [0.2, 0.25) is 0 Å². The number of methoxy groups -OCH3 is 2. The number of ketones is 1. The van der Waals surface area contributed by atoms with E-state index in [4.69, 9.17) is 21.1 Å². The molecule has 2 aromatic carbocycles. The number of rotatable bonds is 7. The van der Waals surface area contributed by atoms with Gasteiger partial charge in [-0.3, -0.25) is 9.79 Å². The van der Waals surface area contributed by atoms with Crippen molar-refractivity contribution in [2.45, 2.75) is 6.92 Å². The summed E-state index contributed by atoms with van der Waals surface area (Å²) in [5.41, 5.74) is 2.47. The summed E-state index contributed by atoms with van der Waals surface area (Å²) in [6.07, 6.45) is 1.65. The molecule has 0 N–H and O–H groups in total. The molecule has 144 valence electrons. The summed E-state index contributed by atoms with van der Waals surface area (Å²) in [5, 5.41) is 1.46. The number of hydrogen-bond donors (Lipinski definition) is 0. The molecule has 0 spiro atoms. The maximum absolute atomic E-state index is 12.6. The third-order valence-corrected chi connectivity index (χ3v) is 5.52. The summed E-state index contributed by atoms with van der Waals surface area (Å²) >= 11 is 7.30. The Bertz CT molecular complexity index is 1010. The Labute approximate surface area is 172 Å². The van der Waals surface area contributed by atoms with Gasteiger partial charge in [-0.1, -0.05) is 23.7 Å². The summed E-state index contributed by atoms with van der Waals surface area (Å²) in [4.78, 5) is 22.0. The van der Waals surface area contributed by atoms with Gasteiger partial charge >= 0.3 is 0 Å². The zero-order valence-corrected chi connectivity index (χ0v) is 17.3. The van der Waals surface area contributed by atoms with Gasteiger partial charge < -0.3 is 9.47 Å². The van der Waals surface area contributed by atoms with Crippen LogP contribution in [0, 0.1) is 6.92 Å². The molecule has 0 radical (unpaired) electrons. The van der Waals surface area contributed by atoms with E-state index in [0.717, 1.165) is 16.1 Å². The minimum absolute atomic E-state index is 0.0530. The molecule has 7 heteroatoms. The Morgan fingerprint density at radius 1 is 1.14 bits per heavy atom. The number of aryl methyl sites for hydroxylation is 1. The van der Waals surface area contributed by atoms with Crippen LogP contribution < -0.4 is 9.47 Å². The average molecular weight is 415 g/mol. The average Bonchev–Trinajstić information content (AvgIpc) is 3.10. The zero-order chi connectivity index (χ0) is 20.1. The van der Waals surface area contributed by atoms with Gasteiger partial charge in [0, 0.05) is 16.8 Å². The van der Waals surface area contributed by atoms with Crippen LogP contribution in [-0.2, 0) is 0 Å². The van der Waals surface area contributed by atoms with E-state index in [1.54, 1.807) is 26.5 Å². The third kappa shape index (κ3) is 4.58. The van der Waals surface area contributed by atoms with Crippen molar-refractivity contribution < 1.29 is 14.3 Å². The molecule has 5 nitrogen and oxygen atoms in total. The molecule has 0 aliphatic heterocycles. The monoisotopic (exact) mass is 414 g/mol. The second kappa shape index (κ2) is 8.99. The first kappa shape index (κ1) is 20.0. The van der Waals surface area contributed by atoms with Gasteiger partial charge in [0.25, 0.3) is 0 Å². The quantitative estimate of drug-likeness (QED) is 0.399. The molecule has 0 aliphatic rings. The summed E-state index contributed by atoms with van der Waals surface area (Å²) < 4.78 is 10.5. The lowest BCUT2D eigenvalue weighted by atomic mass is 10.2. The second-order valence-corrected chi connectivity index (χ2v) is 7.38. The van der Waals surface area contributed by atoms with E-state index >= 15 is 0 Å². The van der Waals surface area contributed by atoms with Gasteiger partial charge in [0.05, 0.1) is 24.8 Å². The number of benzene rings is 2. The van der Waals surface area contributed by atoms with E-state index < -0.39 is 0 Å². The highest BCUT2D eigenvalue weighted by Gasteiger charge is 2.15. The molecule has 1 heterocycles. The standard InChI is InChI=1S/C21H19ClN2O3S/c1-13-20(28-21(24-13)15-5-7-16(22)8-6-15)17(25)12-23-11-14-4-9-18(26-2)19(10-14)27-3/h4-11H,12H2,1-3H3. The van der Waals surface area contributed by atoms with Gasteiger partial charge in [-0.15, -0.1) is 11.3 Å². The second-order valence-electron chi connectivity index (χ2n) is 5.95. The molecule has 0 atom stereocenters. The minimum Gasteiger partial charge on any atom is -0.493 e. The number of carbonyl (C=O) groups excluding carboxylic acids is 1. The van der Waals surface area contributed by atoms with Crippen LogP contribution in [0.15, 0.2) is 47.5 Å². The van der Waals surface area contributed by atoms with E-state index in [1.165, 1.54) is 11.3 Å². The highest BCUT2D eigenvalue weighted by Crippen LogP contribution is 2.29.